The van der Waals surface area contributed by atoms with Crippen LogP contribution in [0.5, 0.6) is 0 Å². The molecule has 0 heterocycles. The van der Waals surface area contributed by atoms with Gasteiger partial charge in [0, 0.05) is 66.1 Å². The molecule has 1 rings (SSSR count). The highest BCUT2D eigenvalue weighted by Crippen LogP contribution is 2.67. The lowest BCUT2D eigenvalue weighted by atomic mass is 9.60. The Kier molecular flexibility index (Phi) is 19.8. The van der Waals surface area contributed by atoms with Crippen LogP contribution in [0.3, 0.4) is 0 Å². The number of hydrogen-bond acceptors (Lipinski definition) is 11. The van der Waals surface area contributed by atoms with Crippen molar-refractivity contribution in [3.05, 3.63) is 0 Å². The molecule has 0 aliphatic heterocycles. The van der Waals surface area contributed by atoms with Gasteiger partial charge in [0.25, 0.3) is 28.9 Å². The molecule has 0 aromatic carbocycles. The Bertz CT molecular complexity index is 773. The standard InChI is InChI=1S/C35H70O11/c1-12-23-24-25-26-27-28-29-30(37-13-2)31(36,38-14-3)33(41-17-6,42-18-7)35(45-21-10,46-22-11)34(43-19-8,44-20-9)32(30,39-15-4)40-16-5/h36H,12-29H2,1-11H3. The zero-order chi connectivity index (χ0) is 34.8. The normalized spacial score (nSPS) is 24.8. The van der Waals surface area contributed by atoms with Crippen LogP contribution in [-0.4, -0.2) is 106 Å². The number of ether oxygens (including phenoxy) is 10. The monoisotopic (exact) mass is 666 g/mol. The average Bonchev–Trinajstić information content (AvgIpc) is 3.02. The van der Waals surface area contributed by atoms with E-state index in [1.54, 1.807) is 6.92 Å². The Labute approximate surface area is 280 Å². The van der Waals surface area contributed by atoms with Gasteiger partial charge in [0.2, 0.25) is 0 Å². The highest BCUT2D eigenvalue weighted by Gasteiger charge is 2.97. The smallest absolute Gasteiger partial charge is 0.291 e. The first-order chi connectivity index (χ1) is 22.2. The highest BCUT2D eigenvalue weighted by molar-refractivity contribution is 5.30. The summed E-state index contributed by atoms with van der Waals surface area (Å²) >= 11 is 0. The maximum absolute atomic E-state index is 13.7. The zero-order valence-corrected chi connectivity index (χ0v) is 31.3. The van der Waals surface area contributed by atoms with E-state index in [0.29, 0.717) is 6.42 Å². The predicted octanol–water partition coefficient (Wildman–Crippen LogP) is 6.72. The Hall–Kier alpha value is -0.440. The second-order valence-electron chi connectivity index (χ2n) is 11.1. The van der Waals surface area contributed by atoms with Crippen LogP contribution >= 0.6 is 0 Å². The summed E-state index contributed by atoms with van der Waals surface area (Å²) in [5, 5.41) is 13.7. The predicted molar refractivity (Wildman–Crippen MR) is 177 cm³/mol. The molecule has 276 valence electrons. The lowest BCUT2D eigenvalue weighted by Crippen LogP contribution is -2.99. The summed E-state index contributed by atoms with van der Waals surface area (Å²) in [6.07, 6.45) is 7.45. The van der Waals surface area contributed by atoms with E-state index in [4.69, 9.17) is 47.4 Å². The van der Waals surface area contributed by atoms with Crippen molar-refractivity contribution in [3.8, 4) is 0 Å². The lowest BCUT2D eigenvalue weighted by molar-refractivity contribution is -0.640. The van der Waals surface area contributed by atoms with E-state index < -0.39 is 34.5 Å². The molecule has 0 bridgehead atoms. The van der Waals surface area contributed by atoms with E-state index in [1.807, 2.05) is 62.3 Å². The fourth-order valence-electron chi connectivity index (χ4n) is 7.37. The lowest BCUT2D eigenvalue weighted by Gasteiger charge is -2.73. The summed E-state index contributed by atoms with van der Waals surface area (Å²) in [5.74, 6) is -11.0. The molecule has 0 amide bonds. The molecule has 1 saturated carbocycles. The van der Waals surface area contributed by atoms with Gasteiger partial charge in [0.05, 0.1) is 0 Å². The molecule has 0 spiro atoms. The molecule has 1 N–H and O–H groups in total. The van der Waals surface area contributed by atoms with Crippen LogP contribution in [0.15, 0.2) is 0 Å². The van der Waals surface area contributed by atoms with Crippen molar-refractivity contribution < 1.29 is 52.5 Å². The van der Waals surface area contributed by atoms with E-state index in [0.717, 1.165) is 19.3 Å². The van der Waals surface area contributed by atoms with Gasteiger partial charge in [-0.2, -0.15) is 0 Å². The van der Waals surface area contributed by atoms with E-state index in [9.17, 15) is 5.11 Å². The second kappa shape index (κ2) is 20.9. The van der Waals surface area contributed by atoms with Gasteiger partial charge in [-0.15, -0.1) is 0 Å². The maximum Gasteiger partial charge on any atom is 0.291 e. The van der Waals surface area contributed by atoms with Crippen molar-refractivity contribution in [2.45, 2.75) is 162 Å². The molecule has 2 atom stereocenters. The third kappa shape index (κ3) is 7.36. The largest absolute Gasteiger partial charge is 0.364 e. The topological polar surface area (TPSA) is 113 Å². The molecule has 0 radical (unpaired) electrons. The fraction of sp³-hybridized carbons (Fsp3) is 1.00. The first kappa shape index (κ1) is 43.6. The summed E-state index contributed by atoms with van der Waals surface area (Å²) in [5.41, 5.74) is -1.85. The zero-order valence-electron chi connectivity index (χ0n) is 31.3. The minimum Gasteiger partial charge on any atom is -0.364 e. The van der Waals surface area contributed by atoms with Crippen LogP contribution in [0.1, 0.15) is 128 Å². The Morgan fingerprint density at radius 1 is 0.326 bits per heavy atom. The number of unbranched alkanes of at least 4 members (excludes halogenated alkanes) is 6. The molecule has 11 heteroatoms. The van der Waals surface area contributed by atoms with E-state index >= 15 is 0 Å². The van der Waals surface area contributed by atoms with Gasteiger partial charge in [0.15, 0.2) is 5.60 Å². The molecule has 1 aliphatic carbocycles. The first-order valence-corrected chi connectivity index (χ1v) is 18.3. The van der Waals surface area contributed by atoms with Gasteiger partial charge in [-0.25, -0.2) is 0 Å². The Morgan fingerprint density at radius 3 is 1.00 bits per heavy atom. The van der Waals surface area contributed by atoms with Crippen LogP contribution < -0.4 is 0 Å². The van der Waals surface area contributed by atoms with Gasteiger partial charge in [-0.1, -0.05) is 51.9 Å². The maximum atomic E-state index is 13.7. The molecular formula is C35H70O11. The van der Waals surface area contributed by atoms with Crippen molar-refractivity contribution in [2.24, 2.45) is 0 Å². The summed E-state index contributed by atoms with van der Waals surface area (Å²) in [6, 6.07) is 0. The molecule has 2 unspecified atom stereocenters. The molecule has 1 aliphatic rings. The molecule has 0 aromatic heterocycles. The van der Waals surface area contributed by atoms with Crippen molar-refractivity contribution in [1.82, 2.24) is 0 Å². The minimum atomic E-state index is -2.45. The first-order valence-electron chi connectivity index (χ1n) is 18.3. The summed E-state index contributed by atoms with van der Waals surface area (Å²) in [6.45, 7) is 21.6. The van der Waals surface area contributed by atoms with Crippen LogP contribution in [-0.2, 0) is 47.4 Å². The third-order valence-electron chi connectivity index (χ3n) is 8.48. The number of rotatable bonds is 28. The molecule has 11 nitrogen and oxygen atoms in total. The average molecular weight is 667 g/mol. The van der Waals surface area contributed by atoms with Gasteiger partial charge in [-0.3, -0.25) is 0 Å². The van der Waals surface area contributed by atoms with Crippen LogP contribution in [0, 0.1) is 0 Å². The van der Waals surface area contributed by atoms with Gasteiger partial charge in [0.1, 0.15) is 0 Å². The van der Waals surface area contributed by atoms with Gasteiger partial charge < -0.3 is 52.5 Å². The Balaban J connectivity index is 4.61. The molecule has 0 saturated heterocycles. The molecule has 46 heavy (non-hydrogen) atoms. The van der Waals surface area contributed by atoms with Gasteiger partial charge >= 0.3 is 0 Å². The van der Waals surface area contributed by atoms with E-state index in [1.165, 1.54) is 19.3 Å². The number of aliphatic hydroxyl groups is 1. The van der Waals surface area contributed by atoms with Crippen molar-refractivity contribution in [3.63, 3.8) is 0 Å². The third-order valence-corrected chi connectivity index (χ3v) is 8.48. The minimum absolute atomic E-state index is 0.0587. The second-order valence-corrected chi connectivity index (χ2v) is 11.1. The number of hydrogen-bond donors (Lipinski definition) is 1. The van der Waals surface area contributed by atoms with Crippen molar-refractivity contribution in [1.29, 1.82) is 0 Å². The van der Waals surface area contributed by atoms with E-state index in [-0.39, 0.29) is 72.5 Å². The van der Waals surface area contributed by atoms with Crippen LogP contribution in [0.2, 0.25) is 0 Å². The molecule has 1 fully saturated rings. The van der Waals surface area contributed by atoms with Crippen LogP contribution in [0.4, 0.5) is 0 Å². The summed E-state index contributed by atoms with van der Waals surface area (Å²) in [4.78, 5) is 0. The molecule has 0 aromatic rings. The quantitative estimate of drug-likeness (QED) is 0.0710. The fourth-order valence-corrected chi connectivity index (χ4v) is 7.37. The highest BCUT2D eigenvalue weighted by atomic mass is 16.9. The Morgan fingerprint density at radius 2 is 0.630 bits per heavy atom. The summed E-state index contributed by atoms with van der Waals surface area (Å²) in [7, 11) is 0. The van der Waals surface area contributed by atoms with E-state index in [2.05, 4.69) is 6.92 Å². The van der Waals surface area contributed by atoms with Crippen molar-refractivity contribution >= 4 is 0 Å². The summed E-state index contributed by atoms with van der Waals surface area (Å²) < 4.78 is 67.6. The van der Waals surface area contributed by atoms with Crippen molar-refractivity contribution in [2.75, 3.05) is 66.1 Å². The SMILES string of the molecule is CCCCCCCCCC1(OCC)C(O)(OCC)C(OCC)(OCC)C(OCC)(OCC)C(OCC)(OCC)C1(OCC)OCC. The van der Waals surface area contributed by atoms with Gasteiger partial charge in [-0.05, 0) is 75.7 Å². The van der Waals surface area contributed by atoms with Crippen LogP contribution in [0.25, 0.3) is 0 Å². The molecular weight excluding hydrogens is 596 g/mol.